The number of benzene rings is 3. The molecule has 0 saturated carbocycles. The molecule has 2 unspecified atom stereocenters. The third kappa shape index (κ3) is 6.71. The fourth-order valence-electron chi connectivity index (χ4n) is 3.27. The summed E-state index contributed by atoms with van der Waals surface area (Å²) in [5, 5.41) is 11.7. The Morgan fingerprint density at radius 2 is 1.53 bits per heavy atom. The number of carbonyl (C=O) groups is 2. The van der Waals surface area contributed by atoms with Crippen LogP contribution >= 0.6 is 11.8 Å². The molecule has 0 bridgehead atoms. The van der Waals surface area contributed by atoms with Gasteiger partial charge >= 0.3 is 5.97 Å². The van der Waals surface area contributed by atoms with Crippen LogP contribution < -0.4 is 5.73 Å². The molecule has 3 rings (SSSR count). The highest BCUT2D eigenvalue weighted by atomic mass is 32.2. The summed E-state index contributed by atoms with van der Waals surface area (Å²) < 4.78 is 0. The molecular formula is C25H29NO3S. The van der Waals surface area contributed by atoms with Crippen molar-refractivity contribution in [3.8, 4) is 0 Å². The van der Waals surface area contributed by atoms with E-state index in [2.05, 4.69) is 30.3 Å². The van der Waals surface area contributed by atoms with Crippen LogP contribution in [0, 0.1) is 5.92 Å². The quantitative estimate of drug-likeness (QED) is 0.537. The normalized spacial score (nSPS) is 13.6. The van der Waals surface area contributed by atoms with Gasteiger partial charge < -0.3 is 10.8 Å². The minimum Gasteiger partial charge on any atom is -0.481 e. The first-order valence-electron chi connectivity index (χ1n) is 9.95. The van der Waals surface area contributed by atoms with E-state index in [0.717, 1.165) is 17.3 Å². The average Bonchev–Trinajstić information content (AvgIpc) is 2.74. The Hall–Kier alpha value is -2.63. The standard InChI is InChI=1S/C13H16O3S.C12H13N/c1-9(11-6-4-3-5-7-11)12(13(15)16)8-17-10(2)14;1-9(13)11-8-4-6-10-5-2-3-7-12(10)11/h3-7,9,12H,8H2,1-2H3,(H,15,16);2-9H,13H2,1H3/t;9-/m.0/s1. The van der Waals surface area contributed by atoms with E-state index < -0.39 is 11.9 Å². The molecule has 0 aliphatic rings. The monoisotopic (exact) mass is 423 g/mol. The first-order valence-corrected chi connectivity index (χ1v) is 10.9. The van der Waals surface area contributed by atoms with Gasteiger partial charge in [0, 0.05) is 18.7 Å². The number of carboxylic acids is 1. The second-order valence-corrected chi connectivity index (χ2v) is 8.50. The van der Waals surface area contributed by atoms with Crippen molar-refractivity contribution < 1.29 is 14.7 Å². The number of aliphatic carboxylic acids is 1. The summed E-state index contributed by atoms with van der Waals surface area (Å²) in [4.78, 5) is 22.1. The lowest BCUT2D eigenvalue weighted by Crippen LogP contribution is -2.23. The Kier molecular flexibility index (Phi) is 9.09. The van der Waals surface area contributed by atoms with Crippen LogP contribution in [0.1, 0.15) is 43.9 Å². The van der Waals surface area contributed by atoms with E-state index >= 15 is 0 Å². The molecule has 0 heterocycles. The SMILES string of the molecule is CC(=O)SCC(C(=O)O)C(C)c1ccccc1.C[C@H](N)c1cccc2ccccc12. The Morgan fingerprint density at radius 3 is 2.13 bits per heavy atom. The molecule has 3 aromatic rings. The van der Waals surface area contributed by atoms with Crippen molar-refractivity contribution in [2.75, 3.05) is 5.75 Å². The predicted octanol–water partition coefficient (Wildman–Crippen LogP) is 5.63. The van der Waals surface area contributed by atoms with E-state index in [1.54, 1.807) is 0 Å². The molecule has 0 fully saturated rings. The van der Waals surface area contributed by atoms with Gasteiger partial charge in [0.1, 0.15) is 0 Å². The third-order valence-electron chi connectivity index (χ3n) is 5.03. The molecule has 3 atom stereocenters. The second kappa shape index (κ2) is 11.5. The number of carboxylic acid groups (broad SMARTS) is 1. The van der Waals surface area contributed by atoms with Gasteiger partial charge in [-0.05, 0) is 34.7 Å². The van der Waals surface area contributed by atoms with Crippen LogP contribution in [0.2, 0.25) is 0 Å². The van der Waals surface area contributed by atoms with Crippen molar-refractivity contribution in [2.45, 2.75) is 32.7 Å². The highest BCUT2D eigenvalue weighted by molar-refractivity contribution is 8.13. The molecule has 158 valence electrons. The zero-order chi connectivity index (χ0) is 22.1. The zero-order valence-electron chi connectivity index (χ0n) is 17.6. The molecule has 0 amide bonds. The molecule has 30 heavy (non-hydrogen) atoms. The fourth-order valence-corrected chi connectivity index (χ4v) is 4.12. The van der Waals surface area contributed by atoms with Crippen LogP contribution in [-0.4, -0.2) is 21.9 Å². The Balaban J connectivity index is 0.000000220. The van der Waals surface area contributed by atoms with Crippen molar-refractivity contribution in [1.82, 2.24) is 0 Å². The van der Waals surface area contributed by atoms with Crippen LogP contribution in [-0.2, 0) is 9.59 Å². The summed E-state index contributed by atoms with van der Waals surface area (Å²) >= 11 is 1.07. The van der Waals surface area contributed by atoms with E-state index in [9.17, 15) is 14.7 Å². The van der Waals surface area contributed by atoms with Gasteiger partial charge in [0.25, 0.3) is 0 Å². The smallest absolute Gasteiger partial charge is 0.307 e. The topological polar surface area (TPSA) is 80.4 Å². The zero-order valence-corrected chi connectivity index (χ0v) is 18.4. The summed E-state index contributed by atoms with van der Waals surface area (Å²) in [6, 6.07) is 24.2. The van der Waals surface area contributed by atoms with Crippen LogP contribution in [0.3, 0.4) is 0 Å². The Morgan fingerprint density at radius 1 is 0.933 bits per heavy atom. The number of hydrogen-bond donors (Lipinski definition) is 2. The largest absolute Gasteiger partial charge is 0.481 e. The van der Waals surface area contributed by atoms with Gasteiger partial charge in [0.05, 0.1) is 5.92 Å². The first kappa shape index (κ1) is 23.6. The van der Waals surface area contributed by atoms with Crippen molar-refractivity contribution in [3.63, 3.8) is 0 Å². The number of carbonyl (C=O) groups excluding carboxylic acids is 1. The summed E-state index contributed by atoms with van der Waals surface area (Å²) in [6.07, 6.45) is 0. The van der Waals surface area contributed by atoms with E-state index in [-0.39, 0.29) is 17.1 Å². The molecule has 0 saturated heterocycles. The van der Waals surface area contributed by atoms with Crippen LogP contribution in [0.5, 0.6) is 0 Å². The van der Waals surface area contributed by atoms with E-state index in [4.69, 9.17) is 5.73 Å². The second-order valence-electron chi connectivity index (χ2n) is 7.30. The molecule has 3 aromatic carbocycles. The minimum atomic E-state index is -0.852. The van der Waals surface area contributed by atoms with Gasteiger partial charge in [0.15, 0.2) is 5.12 Å². The van der Waals surface area contributed by atoms with Crippen LogP contribution in [0.15, 0.2) is 72.8 Å². The van der Waals surface area contributed by atoms with Crippen LogP contribution in [0.4, 0.5) is 0 Å². The highest BCUT2D eigenvalue weighted by Crippen LogP contribution is 2.27. The van der Waals surface area contributed by atoms with E-state index in [1.807, 2.05) is 56.3 Å². The fraction of sp³-hybridized carbons (Fsp3) is 0.280. The number of thioether (sulfide) groups is 1. The Bertz CT molecular complexity index is 967. The van der Waals surface area contributed by atoms with Gasteiger partial charge in [-0.1, -0.05) is 91.5 Å². The average molecular weight is 424 g/mol. The minimum absolute atomic E-state index is 0.0449. The molecule has 0 spiro atoms. The molecular weight excluding hydrogens is 394 g/mol. The highest BCUT2D eigenvalue weighted by Gasteiger charge is 2.26. The van der Waals surface area contributed by atoms with Crippen molar-refractivity contribution in [2.24, 2.45) is 11.7 Å². The third-order valence-corrected chi connectivity index (χ3v) is 5.96. The van der Waals surface area contributed by atoms with Crippen LogP contribution in [0.25, 0.3) is 10.8 Å². The maximum atomic E-state index is 11.2. The number of nitrogens with two attached hydrogens (primary N) is 1. The van der Waals surface area contributed by atoms with Gasteiger partial charge in [-0.25, -0.2) is 0 Å². The van der Waals surface area contributed by atoms with Gasteiger partial charge in [-0.3, -0.25) is 9.59 Å². The molecule has 0 aliphatic carbocycles. The van der Waals surface area contributed by atoms with Gasteiger partial charge in [-0.2, -0.15) is 0 Å². The van der Waals surface area contributed by atoms with Gasteiger partial charge in [0.2, 0.25) is 0 Å². The molecule has 0 aromatic heterocycles. The lowest BCUT2D eigenvalue weighted by atomic mass is 9.89. The van der Waals surface area contributed by atoms with Crippen molar-refractivity contribution >= 4 is 33.6 Å². The van der Waals surface area contributed by atoms with Crippen molar-refractivity contribution in [1.29, 1.82) is 0 Å². The summed E-state index contributed by atoms with van der Waals surface area (Å²) in [7, 11) is 0. The van der Waals surface area contributed by atoms with E-state index in [0.29, 0.717) is 5.75 Å². The van der Waals surface area contributed by atoms with Crippen molar-refractivity contribution in [3.05, 3.63) is 83.9 Å². The molecule has 4 nitrogen and oxygen atoms in total. The summed E-state index contributed by atoms with van der Waals surface area (Å²) in [6.45, 7) is 5.35. The molecule has 5 heteroatoms. The lowest BCUT2D eigenvalue weighted by Gasteiger charge is -2.19. The maximum Gasteiger partial charge on any atom is 0.307 e. The molecule has 3 N–H and O–H groups in total. The summed E-state index contributed by atoms with van der Waals surface area (Å²) in [5.41, 5.74) is 8.09. The molecule has 0 aliphatic heterocycles. The molecule has 0 radical (unpaired) electrons. The van der Waals surface area contributed by atoms with Gasteiger partial charge in [-0.15, -0.1) is 0 Å². The summed E-state index contributed by atoms with van der Waals surface area (Å²) in [5.74, 6) is -1.16. The maximum absolute atomic E-state index is 11.2. The lowest BCUT2D eigenvalue weighted by molar-refractivity contribution is -0.141. The number of rotatable bonds is 6. The first-order chi connectivity index (χ1) is 14.3. The van der Waals surface area contributed by atoms with E-state index in [1.165, 1.54) is 23.3 Å². The predicted molar refractivity (Wildman–Crippen MR) is 126 cm³/mol. The number of hydrogen-bond acceptors (Lipinski definition) is 4. The Labute approximate surface area is 182 Å². The number of fused-ring (bicyclic) bond motifs is 1.